The fourth-order valence-electron chi connectivity index (χ4n) is 3.68. The maximum atomic E-state index is 12.6. The monoisotopic (exact) mass is 344 g/mol. The zero-order valence-corrected chi connectivity index (χ0v) is 14.4. The van der Waals surface area contributed by atoms with Crippen LogP contribution in [0.5, 0.6) is 0 Å². The zero-order valence-electron chi connectivity index (χ0n) is 14.4. The Hall–Kier alpha value is -2.70. The van der Waals surface area contributed by atoms with Crippen molar-refractivity contribution in [2.45, 2.75) is 26.7 Å². The van der Waals surface area contributed by atoms with Crippen LogP contribution in [0.1, 0.15) is 44.9 Å². The molecule has 2 heterocycles. The summed E-state index contributed by atoms with van der Waals surface area (Å²) in [6, 6.07) is 0. The highest BCUT2D eigenvalue weighted by Crippen LogP contribution is 2.35. The number of imide groups is 1. The van der Waals surface area contributed by atoms with Crippen LogP contribution in [0.3, 0.4) is 0 Å². The Morgan fingerprint density at radius 3 is 2.24 bits per heavy atom. The van der Waals surface area contributed by atoms with E-state index in [1.54, 1.807) is 13.8 Å². The number of aromatic amines is 1. The molecule has 2 atom stereocenters. The van der Waals surface area contributed by atoms with Crippen molar-refractivity contribution in [2.75, 3.05) is 13.7 Å². The number of nitrogens with zero attached hydrogens (tertiary/aromatic N) is 1. The van der Waals surface area contributed by atoms with Crippen molar-refractivity contribution in [3.63, 3.8) is 0 Å². The van der Waals surface area contributed by atoms with Gasteiger partial charge >= 0.3 is 5.97 Å². The number of Topliss-reactive ketones (excluding diaryl/α,β-unsaturated/α-hetero) is 1. The maximum absolute atomic E-state index is 12.6. The van der Waals surface area contributed by atoms with Crippen LogP contribution in [0.25, 0.3) is 0 Å². The van der Waals surface area contributed by atoms with Crippen LogP contribution >= 0.6 is 0 Å². The lowest BCUT2D eigenvalue weighted by molar-refractivity contribution is -0.139. The number of carbonyl (C=O) groups is 4. The van der Waals surface area contributed by atoms with Crippen LogP contribution in [0.4, 0.5) is 0 Å². The van der Waals surface area contributed by atoms with Crippen molar-refractivity contribution in [2.24, 2.45) is 11.8 Å². The van der Waals surface area contributed by atoms with Gasteiger partial charge in [0.15, 0.2) is 5.78 Å². The molecule has 2 amide bonds. The number of ketones is 1. The third-order valence-corrected chi connectivity index (χ3v) is 5.01. The van der Waals surface area contributed by atoms with Gasteiger partial charge in [-0.25, -0.2) is 4.79 Å². The quantitative estimate of drug-likeness (QED) is 0.387. The van der Waals surface area contributed by atoms with Gasteiger partial charge in [-0.1, -0.05) is 12.2 Å². The molecular weight excluding hydrogens is 324 g/mol. The normalized spacial score (nSPS) is 22.3. The van der Waals surface area contributed by atoms with E-state index in [0.29, 0.717) is 29.7 Å². The van der Waals surface area contributed by atoms with E-state index in [4.69, 9.17) is 4.74 Å². The molecule has 1 aliphatic carbocycles. The summed E-state index contributed by atoms with van der Waals surface area (Å²) in [5.41, 5.74) is 1.52. The minimum atomic E-state index is -0.532. The van der Waals surface area contributed by atoms with Gasteiger partial charge in [0.05, 0.1) is 36.7 Å². The summed E-state index contributed by atoms with van der Waals surface area (Å²) in [5.74, 6) is -2.23. The van der Waals surface area contributed by atoms with E-state index >= 15 is 0 Å². The number of ether oxygens (including phenoxy) is 1. The molecule has 0 spiro atoms. The molecule has 1 aliphatic heterocycles. The van der Waals surface area contributed by atoms with Crippen LogP contribution < -0.4 is 0 Å². The summed E-state index contributed by atoms with van der Waals surface area (Å²) in [6.45, 7) is 2.99. The Morgan fingerprint density at radius 1 is 1.16 bits per heavy atom. The first-order valence-electron chi connectivity index (χ1n) is 8.17. The topological polar surface area (TPSA) is 96.5 Å². The molecule has 0 bridgehead atoms. The third kappa shape index (κ3) is 2.69. The van der Waals surface area contributed by atoms with E-state index < -0.39 is 11.8 Å². The van der Waals surface area contributed by atoms with E-state index in [0.717, 1.165) is 4.90 Å². The summed E-state index contributed by atoms with van der Waals surface area (Å²) in [5, 5.41) is 0. The number of fused-ring (bicyclic) bond motifs is 1. The van der Waals surface area contributed by atoms with Crippen molar-refractivity contribution in [1.29, 1.82) is 0 Å². The molecule has 2 aliphatic rings. The lowest BCUT2D eigenvalue weighted by Crippen LogP contribution is -2.36. The Balaban J connectivity index is 1.83. The van der Waals surface area contributed by atoms with Gasteiger partial charge in [0.1, 0.15) is 0 Å². The Labute approximate surface area is 145 Å². The number of carbonyl (C=O) groups excluding carboxylic acids is 4. The number of allylic oxidation sites excluding steroid dienone is 2. The maximum Gasteiger partial charge on any atom is 0.339 e. The zero-order chi connectivity index (χ0) is 18.3. The third-order valence-electron chi connectivity index (χ3n) is 5.01. The molecule has 0 unspecified atom stereocenters. The molecule has 1 N–H and O–H groups in total. The summed E-state index contributed by atoms with van der Waals surface area (Å²) in [6.07, 6.45) is 4.87. The average molecular weight is 344 g/mol. The molecule has 1 aromatic rings. The summed E-state index contributed by atoms with van der Waals surface area (Å²) < 4.78 is 4.73. The predicted molar refractivity (Wildman–Crippen MR) is 88.0 cm³/mol. The first-order chi connectivity index (χ1) is 11.9. The summed E-state index contributed by atoms with van der Waals surface area (Å²) in [7, 11) is 1.27. The second-order valence-corrected chi connectivity index (χ2v) is 6.46. The SMILES string of the molecule is COC(=O)c1c(C)[nH]c(C(=O)CN2C(=O)[C@H]3CC=CC[C@@H]3C2=O)c1C. The standard InChI is InChI=1S/C18H20N2O5/c1-9-14(18(24)25-3)10(2)19-15(9)13(21)8-20-16(22)11-6-4-5-7-12(11)17(20)23/h4-5,11-12,19H,6-8H2,1-3H3/t11-,12-/m0/s1. The van der Waals surface area contributed by atoms with Crippen molar-refractivity contribution in [1.82, 2.24) is 9.88 Å². The molecule has 0 radical (unpaired) electrons. The average Bonchev–Trinajstić information content (AvgIpc) is 3.03. The molecule has 3 rings (SSSR count). The van der Waals surface area contributed by atoms with E-state index in [1.807, 2.05) is 12.2 Å². The van der Waals surface area contributed by atoms with E-state index in [2.05, 4.69) is 4.98 Å². The van der Waals surface area contributed by atoms with Crippen LogP contribution in [-0.4, -0.2) is 47.1 Å². The molecule has 1 saturated heterocycles. The number of nitrogens with one attached hydrogen (secondary N) is 1. The number of methoxy groups -OCH3 is 1. The van der Waals surface area contributed by atoms with Crippen molar-refractivity contribution >= 4 is 23.6 Å². The van der Waals surface area contributed by atoms with E-state index in [-0.39, 0.29) is 35.9 Å². The van der Waals surface area contributed by atoms with Crippen molar-refractivity contribution in [3.05, 3.63) is 34.7 Å². The molecule has 0 saturated carbocycles. The van der Waals surface area contributed by atoms with Gasteiger partial charge in [-0.05, 0) is 32.3 Å². The van der Waals surface area contributed by atoms with Crippen LogP contribution in [0, 0.1) is 25.7 Å². The predicted octanol–water partition coefficient (Wildman–Crippen LogP) is 1.55. The second-order valence-electron chi connectivity index (χ2n) is 6.46. The first kappa shape index (κ1) is 17.1. The number of likely N-dealkylation sites (tertiary alicyclic amines) is 1. The van der Waals surface area contributed by atoms with Crippen molar-refractivity contribution < 1.29 is 23.9 Å². The minimum absolute atomic E-state index is 0.228. The molecule has 1 aromatic heterocycles. The van der Waals surface area contributed by atoms with Gasteiger partial charge in [-0.15, -0.1) is 0 Å². The Kier molecular flexibility index (Phi) is 4.32. The Bertz CT molecular complexity index is 779. The lowest BCUT2D eigenvalue weighted by atomic mass is 9.85. The highest BCUT2D eigenvalue weighted by molar-refractivity contribution is 6.10. The van der Waals surface area contributed by atoms with Gasteiger partial charge in [0, 0.05) is 5.69 Å². The summed E-state index contributed by atoms with van der Waals surface area (Å²) >= 11 is 0. The van der Waals surface area contributed by atoms with E-state index in [9.17, 15) is 19.2 Å². The van der Waals surface area contributed by atoms with Gasteiger partial charge in [0.25, 0.3) is 0 Å². The molecule has 7 heteroatoms. The lowest BCUT2D eigenvalue weighted by Gasteiger charge is -2.14. The molecule has 1 fully saturated rings. The number of amides is 2. The highest BCUT2D eigenvalue weighted by atomic mass is 16.5. The van der Waals surface area contributed by atoms with Gasteiger partial charge in [0.2, 0.25) is 11.8 Å². The van der Waals surface area contributed by atoms with Crippen LogP contribution in [-0.2, 0) is 14.3 Å². The molecule has 0 aromatic carbocycles. The Morgan fingerprint density at radius 2 is 1.72 bits per heavy atom. The molecule has 25 heavy (non-hydrogen) atoms. The number of esters is 1. The van der Waals surface area contributed by atoms with E-state index in [1.165, 1.54) is 7.11 Å². The minimum Gasteiger partial charge on any atom is -0.465 e. The van der Waals surface area contributed by atoms with Gasteiger partial charge < -0.3 is 9.72 Å². The van der Waals surface area contributed by atoms with Crippen LogP contribution in [0.15, 0.2) is 12.2 Å². The molecular formula is C18H20N2O5. The number of aromatic nitrogens is 1. The fourth-order valence-corrected chi connectivity index (χ4v) is 3.68. The van der Waals surface area contributed by atoms with Gasteiger partial charge in [-0.2, -0.15) is 0 Å². The highest BCUT2D eigenvalue weighted by Gasteiger charge is 2.47. The number of hydrogen-bond donors (Lipinski definition) is 1. The second kappa shape index (κ2) is 6.31. The number of H-pyrrole nitrogens is 1. The first-order valence-corrected chi connectivity index (χ1v) is 8.17. The molecule has 132 valence electrons. The van der Waals surface area contributed by atoms with Crippen LogP contribution in [0.2, 0.25) is 0 Å². The smallest absolute Gasteiger partial charge is 0.339 e. The number of hydrogen-bond acceptors (Lipinski definition) is 5. The molecule has 7 nitrogen and oxygen atoms in total. The number of aryl methyl sites for hydroxylation is 1. The largest absolute Gasteiger partial charge is 0.465 e. The summed E-state index contributed by atoms with van der Waals surface area (Å²) in [4.78, 5) is 53.3. The van der Waals surface area contributed by atoms with Crippen molar-refractivity contribution in [3.8, 4) is 0 Å². The fraction of sp³-hybridized carbons (Fsp3) is 0.444. The number of rotatable bonds is 4. The van der Waals surface area contributed by atoms with Gasteiger partial charge in [-0.3, -0.25) is 19.3 Å².